The van der Waals surface area contributed by atoms with E-state index in [1.54, 1.807) is 37.4 Å². The summed E-state index contributed by atoms with van der Waals surface area (Å²) in [5, 5.41) is 7.20. The Labute approximate surface area is 227 Å². The molecule has 9 heteroatoms. The van der Waals surface area contributed by atoms with E-state index < -0.39 is 11.9 Å². The number of amides is 1. The van der Waals surface area contributed by atoms with Crippen LogP contribution in [0, 0.1) is 0 Å². The fourth-order valence-corrected chi connectivity index (χ4v) is 5.11. The fourth-order valence-electron chi connectivity index (χ4n) is 3.70. The highest BCUT2D eigenvalue weighted by molar-refractivity contribution is 7.21. The van der Waals surface area contributed by atoms with Crippen molar-refractivity contribution in [2.45, 2.75) is 0 Å². The normalized spacial score (nSPS) is 11.1. The molecule has 0 spiro atoms. The number of ether oxygens (including phenoxy) is 3. The van der Waals surface area contributed by atoms with Gasteiger partial charge in [-0.2, -0.15) is 5.10 Å². The maximum atomic E-state index is 12.7. The molecule has 0 unspecified atom stereocenters. The third kappa shape index (κ3) is 5.77. The number of esters is 1. The van der Waals surface area contributed by atoms with E-state index in [0.29, 0.717) is 32.7 Å². The molecule has 190 valence electrons. The van der Waals surface area contributed by atoms with Gasteiger partial charge in [-0.15, -0.1) is 11.3 Å². The summed E-state index contributed by atoms with van der Waals surface area (Å²) in [7, 11) is 1.58. The molecule has 5 aromatic rings. The number of methoxy groups -OCH3 is 1. The maximum absolute atomic E-state index is 12.7. The monoisotopic (exact) mass is 544 g/mol. The lowest BCUT2D eigenvalue weighted by Crippen LogP contribution is -2.24. The van der Waals surface area contributed by atoms with Gasteiger partial charge in [0, 0.05) is 10.1 Å². The lowest BCUT2D eigenvalue weighted by molar-refractivity contribution is -0.123. The first kappa shape index (κ1) is 25.3. The van der Waals surface area contributed by atoms with Crippen molar-refractivity contribution in [1.82, 2.24) is 5.43 Å². The van der Waals surface area contributed by atoms with E-state index in [9.17, 15) is 9.59 Å². The highest BCUT2D eigenvalue weighted by Crippen LogP contribution is 2.37. The van der Waals surface area contributed by atoms with Crippen molar-refractivity contribution in [2.24, 2.45) is 5.10 Å². The van der Waals surface area contributed by atoms with Crippen molar-refractivity contribution in [3.8, 4) is 17.2 Å². The summed E-state index contributed by atoms with van der Waals surface area (Å²) in [6.45, 7) is -0.169. The molecule has 0 saturated carbocycles. The van der Waals surface area contributed by atoms with Crippen LogP contribution in [0.5, 0.6) is 17.2 Å². The lowest BCUT2D eigenvalue weighted by atomic mass is 10.1. The molecule has 1 aromatic heterocycles. The molecule has 0 saturated heterocycles. The molecular weight excluding hydrogens is 524 g/mol. The SMILES string of the molecule is COc1ccc2c(Cl)c(C(=O)Oc3ccc(C=NNC(=O)COc4ccc5ccccc5c4)cc3)sc2c1. The minimum Gasteiger partial charge on any atom is -0.497 e. The van der Waals surface area contributed by atoms with Crippen LogP contribution in [0.3, 0.4) is 0 Å². The molecule has 0 aliphatic rings. The summed E-state index contributed by atoms with van der Waals surface area (Å²) in [5.74, 6) is 0.699. The van der Waals surface area contributed by atoms with Crippen LogP contribution in [0.25, 0.3) is 20.9 Å². The Bertz CT molecular complexity index is 1660. The molecule has 5 rings (SSSR count). The minimum atomic E-state index is -0.546. The highest BCUT2D eigenvalue weighted by atomic mass is 35.5. The van der Waals surface area contributed by atoms with E-state index in [2.05, 4.69) is 10.5 Å². The number of carbonyl (C=O) groups is 2. The summed E-state index contributed by atoms with van der Waals surface area (Å²) in [4.78, 5) is 25.1. The predicted octanol–water partition coefficient (Wildman–Crippen LogP) is 6.46. The van der Waals surface area contributed by atoms with Crippen molar-refractivity contribution in [1.29, 1.82) is 0 Å². The molecule has 38 heavy (non-hydrogen) atoms. The number of hydrogen-bond acceptors (Lipinski definition) is 7. The number of rotatable bonds is 8. The van der Waals surface area contributed by atoms with Crippen molar-refractivity contribution in [3.63, 3.8) is 0 Å². The number of halogens is 1. The zero-order chi connectivity index (χ0) is 26.5. The molecule has 0 fully saturated rings. The zero-order valence-corrected chi connectivity index (χ0v) is 21.7. The van der Waals surface area contributed by atoms with Crippen LogP contribution in [-0.4, -0.2) is 31.8 Å². The largest absolute Gasteiger partial charge is 0.497 e. The average molecular weight is 545 g/mol. The van der Waals surface area contributed by atoms with Gasteiger partial charge in [-0.05, 0) is 70.9 Å². The van der Waals surface area contributed by atoms with E-state index in [1.807, 2.05) is 54.6 Å². The minimum absolute atomic E-state index is 0.169. The highest BCUT2D eigenvalue weighted by Gasteiger charge is 2.19. The molecule has 1 N–H and O–H groups in total. The van der Waals surface area contributed by atoms with E-state index in [-0.39, 0.29) is 6.61 Å². The van der Waals surface area contributed by atoms with Crippen molar-refractivity contribution >= 4 is 61.9 Å². The van der Waals surface area contributed by atoms with E-state index in [1.165, 1.54) is 17.6 Å². The number of thiophene rings is 1. The second-order valence-corrected chi connectivity index (χ2v) is 9.59. The third-order valence-corrected chi connectivity index (χ3v) is 7.24. The summed E-state index contributed by atoms with van der Waals surface area (Å²) in [6, 6.07) is 25.7. The Kier molecular flexibility index (Phi) is 7.53. The van der Waals surface area contributed by atoms with E-state index in [4.69, 9.17) is 25.8 Å². The molecule has 1 heterocycles. The van der Waals surface area contributed by atoms with Crippen LogP contribution in [0.4, 0.5) is 0 Å². The smallest absolute Gasteiger partial charge is 0.355 e. The number of hydrogen-bond donors (Lipinski definition) is 1. The molecule has 1 amide bonds. The molecular formula is C29H21ClN2O5S. The van der Waals surface area contributed by atoms with Crippen molar-refractivity contribution in [2.75, 3.05) is 13.7 Å². The van der Waals surface area contributed by atoms with Gasteiger partial charge >= 0.3 is 5.97 Å². The van der Waals surface area contributed by atoms with Crippen LogP contribution in [0.15, 0.2) is 90.0 Å². The standard InChI is InChI=1S/C29H21ClN2O5S/c1-35-22-12-13-24-25(15-22)38-28(27(24)30)29(34)37-21-9-6-18(7-10-21)16-31-32-26(33)17-36-23-11-8-19-4-2-3-5-20(19)14-23/h2-16H,17H2,1H3,(H,32,33). The Balaban J connectivity index is 1.13. The average Bonchev–Trinajstić information content (AvgIpc) is 3.28. The first-order chi connectivity index (χ1) is 18.5. The van der Waals surface area contributed by atoms with Gasteiger partial charge in [0.2, 0.25) is 0 Å². The number of fused-ring (bicyclic) bond motifs is 2. The van der Waals surface area contributed by atoms with Crippen molar-refractivity contribution < 1.29 is 23.8 Å². The van der Waals surface area contributed by atoms with Gasteiger partial charge in [-0.1, -0.05) is 41.9 Å². The Morgan fingerprint density at radius 2 is 1.66 bits per heavy atom. The van der Waals surface area contributed by atoms with Crippen LogP contribution in [0.1, 0.15) is 15.2 Å². The first-order valence-electron chi connectivity index (χ1n) is 11.5. The molecule has 0 radical (unpaired) electrons. The fraction of sp³-hybridized carbons (Fsp3) is 0.0690. The maximum Gasteiger partial charge on any atom is 0.355 e. The number of hydrazone groups is 1. The number of carbonyl (C=O) groups excluding carboxylic acids is 2. The van der Waals surface area contributed by atoms with Gasteiger partial charge in [0.25, 0.3) is 5.91 Å². The molecule has 0 aliphatic carbocycles. The second-order valence-electron chi connectivity index (χ2n) is 8.16. The van der Waals surface area contributed by atoms with Crippen molar-refractivity contribution in [3.05, 3.63) is 100 Å². The van der Waals surface area contributed by atoms with Crippen LogP contribution < -0.4 is 19.6 Å². The summed E-state index contributed by atoms with van der Waals surface area (Å²) >= 11 is 7.65. The lowest BCUT2D eigenvalue weighted by Gasteiger charge is -2.06. The molecule has 0 atom stereocenters. The van der Waals surface area contributed by atoms with Gasteiger partial charge < -0.3 is 14.2 Å². The quantitative estimate of drug-likeness (QED) is 0.105. The third-order valence-electron chi connectivity index (χ3n) is 5.61. The first-order valence-corrected chi connectivity index (χ1v) is 12.7. The number of nitrogens with zero attached hydrogens (tertiary/aromatic N) is 1. The van der Waals surface area contributed by atoms with Gasteiger partial charge in [0.05, 0.1) is 18.3 Å². The van der Waals surface area contributed by atoms with E-state index >= 15 is 0 Å². The van der Waals surface area contributed by atoms with Gasteiger partial charge in [0.1, 0.15) is 22.1 Å². The van der Waals surface area contributed by atoms with Gasteiger partial charge in [-0.25, -0.2) is 10.2 Å². The summed E-state index contributed by atoms with van der Waals surface area (Å²) in [5.41, 5.74) is 3.13. The van der Waals surface area contributed by atoms with E-state index in [0.717, 1.165) is 20.9 Å². The van der Waals surface area contributed by atoms with Crippen LogP contribution in [0.2, 0.25) is 5.02 Å². The Hall–Kier alpha value is -4.40. The second kappa shape index (κ2) is 11.3. The topological polar surface area (TPSA) is 86.2 Å². The van der Waals surface area contributed by atoms with Crippen LogP contribution >= 0.6 is 22.9 Å². The predicted molar refractivity (Wildman–Crippen MR) is 150 cm³/mol. The van der Waals surface area contributed by atoms with Crippen LogP contribution in [-0.2, 0) is 4.79 Å². The Morgan fingerprint density at radius 1 is 0.921 bits per heavy atom. The summed E-state index contributed by atoms with van der Waals surface area (Å²) in [6.07, 6.45) is 1.48. The van der Waals surface area contributed by atoms with Gasteiger partial charge in [0.15, 0.2) is 6.61 Å². The molecule has 0 bridgehead atoms. The summed E-state index contributed by atoms with van der Waals surface area (Å²) < 4.78 is 17.1. The molecule has 0 aliphatic heterocycles. The zero-order valence-electron chi connectivity index (χ0n) is 20.1. The Morgan fingerprint density at radius 3 is 2.45 bits per heavy atom. The number of nitrogens with one attached hydrogen (secondary N) is 1. The van der Waals surface area contributed by atoms with Gasteiger partial charge in [-0.3, -0.25) is 4.79 Å². The molecule has 4 aromatic carbocycles. The molecule has 7 nitrogen and oxygen atoms in total. The number of benzene rings is 4.